The zero-order valence-electron chi connectivity index (χ0n) is 13.2. The molecule has 0 aromatic heterocycles. The van der Waals surface area contributed by atoms with Crippen LogP contribution >= 0.6 is 11.6 Å². The van der Waals surface area contributed by atoms with Crippen molar-refractivity contribution in [3.8, 4) is 11.8 Å². The fourth-order valence-electron chi connectivity index (χ4n) is 2.09. The summed E-state index contributed by atoms with van der Waals surface area (Å²) in [5.74, 6) is -1.78. The van der Waals surface area contributed by atoms with E-state index in [0.717, 1.165) is 12.1 Å². The van der Waals surface area contributed by atoms with E-state index in [9.17, 15) is 14.0 Å². The molecular weight excluding hydrogens is 349 g/mol. The Morgan fingerprint density at radius 3 is 2.68 bits per heavy atom. The zero-order valence-corrected chi connectivity index (χ0v) is 14.0. The number of hydrogen-bond donors (Lipinski definition) is 0. The Morgan fingerprint density at radius 2 is 2.00 bits per heavy atom. The highest BCUT2D eigenvalue weighted by atomic mass is 35.5. The quantitative estimate of drug-likeness (QED) is 0.581. The highest BCUT2D eigenvalue weighted by Crippen LogP contribution is 2.26. The zero-order chi connectivity index (χ0) is 18.4. The number of benzene rings is 2. The molecule has 0 fully saturated rings. The van der Waals surface area contributed by atoms with Gasteiger partial charge in [-0.3, -0.25) is 4.79 Å². The van der Waals surface area contributed by atoms with Gasteiger partial charge < -0.3 is 9.47 Å². The molecule has 25 heavy (non-hydrogen) atoms. The second-order valence-electron chi connectivity index (χ2n) is 4.90. The van der Waals surface area contributed by atoms with Crippen LogP contribution in [0.3, 0.4) is 0 Å². The molecule has 0 spiro atoms. The first-order chi connectivity index (χ1) is 11.9. The maximum absolute atomic E-state index is 13.6. The van der Waals surface area contributed by atoms with Crippen LogP contribution in [0, 0.1) is 17.1 Å². The van der Waals surface area contributed by atoms with Crippen LogP contribution in [-0.4, -0.2) is 25.0 Å². The number of esters is 1. The maximum atomic E-state index is 13.6. The van der Waals surface area contributed by atoms with Crippen LogP contribution in [0.25, 0.3) is 0 Å². The molecule has 0 bridgehead atoms. The number of rotatable bonds is 6. The Labute approximate surface area is 148 Å². The number of carbonyl (C=O) groups is 2. The van der Waals surface area contributed by atoms with E-state index in [1.165, 1.54) is 24.3 Å². The van der Waals surface area contributed by atoms with Crippen molar-refractivity contribution in [2.75, 3.05) is 13.2 Å². The van der Waals surface area contributed by atoms with E-state index in [1.807, 2.05) is 0 Å². The lowest BCUT2D eigenvalue weighted by Gasteiger charge is -2.11. The Bertz CT molecular complexity index is 861. The summed E-state index contributed by atoms with van der Waals surface area (Å²) in [7, 11) is 0. The molecule has 0 saturated heterocycles. The van der Waals surface area contributed by atoms with E-state index < -0.39 is 17.6 Å². The fraction of sp³-hybridized carbons (Fsp3) is 0.167. The molecule has 0 amide bonds. The Hall–Kier alpha value is -2.91. The average Bonchev–Trinajstić information content (AvgIpc) is 2.59. The molecule has 5 nitrogen and oxygen atoms in total. The number of ether oxygens (including phenoxy) is 2. The molecule has 0 unspecified atom stereocenters. The van der Waals surface area contributed by atoms with Crippen molar-refractivity contribution in [1.29, 1.82) is 5.26 Å². The van der Waals surface area contributed by atoms with Gasteiger partial charge in [0.1, 0.15) is 11.6 Å². The van der Waals surface area contributed by atoms with Gasteiger partial charge in [0.15, 0.2) is 12.4 Å². The van der Waals surface area contributed by atoms with Crippen LogP contribution in [0.5, 0.6) is 5.75 Å². The molecule has 0 radical (unpaired) electrons. The summed E-state index contributed by atoms with van der Waals surface area (Å²) in [5.41, 5.74) is 0.0328. The number of ketones is 1. The lowest BCUT2D eigenvalue weighted by Crippen LogP contribution is -2.16. The van der Waals surface area contributed by atoms with Gasteiger partial charge in [0.2, 0.25) is 0 Å². The molecule has 2 aromatic carbocycles. The van der Waals surface area contributed by atoms with Crippen LogP contribution in [0.2, 0.25) is 5.02 Å². The molecule has 0 aliphatic heterocycles. The van der Waals surface area contributed by atoms with Crippen LogP contribution < -0.4 is 4.74 Å². The van der Waals surface area contributed by atoms with E-state index in [1.54, 1.807) is 13.0 Å². The van der Waals surface area contributed by atoms with E-state index >= 15 is 0 Å². The number of nitrogens with zero attached hydrogens (tertiary/aromatic N) is 1. The van der Waals surface area contributed by atoms with Gasteiger partial charge in [-0.25, -0.2) is 9.18 Å². The number of nitriles is 1. The SMILES string of the molecule is CCOC(=O)COc1ccc(Cl)cc1C(=O)c1cc(F)cc(C#N)c1. The largest absolute Gasteiger partial charge is 0.481 e. The molecule has 0 atom stereocenters. The normalized spacial score (nSPS) is 10.0. The Kier molecular flexibility index (Phi) is 6.09. The van der Waals surface area contributed by atoms with Gasteiger partial charge in [-0.15, -0.1) is 0 Å². The summed E-state index contributed by atoms with van der Waals surface area (Å²) in [6, 6.07) is 9.35. The highest BCUT2D eigenvalue weighted by Gasteiger charge is 2.18. The molecule has 0 aliphatic carbocycles. The predicted octanol–water partition coefficient (Wildman–Crippen LogP) is 3.52. The molecule has 0 aliphatic rings. The van der Waals surface area contributed by atoms with Crippen molar-refractivity contribution < 1.29 is 23.5 Å². The van der Waals surface area contributed by atoms with Gasteiger partial charge in [-0.2, -0.15) is 5.26 Å². The smallest absolute Gasteiger partial charge is 0.344 e. The van der Waals surface area contributed by atoms with Crippen LogP contribution in [-0.2, 0) is 9.53 Å². The molecule has 7 heteroatoms. The second-order valence-corrected chi connectivity index (χ2v) is 5.34. The Morgan fingerprint density at radius 1 is 1.24 bits per heavy atom. The van der Waals surface area contributed by atoms with Crippen molar-refractivity contribution in [3.05, 3.63) is 63.9 Å². The van der Waals surface area contributed by atoms with Gasteiger partial charge in [-0.05, 0) is 43.3 Å². The van der Waals surface area contributed by atoms with Crippen molar-refractivity contribution >= 4 is 23.4 Å². The first-order valence-electron chi connectivity index (χ1n) is 7.28. The van der Waals surface area contributed by atoms with Gasteiger partial charge in [-0.1, -0.05) is 11.6 Å². The summed E-state index contributed by atoms with van der Waals surface area (Å²) < 4.78 is 23.7. The maximum Gasteiger partial charge on any atom is 0.344 e. The van der Waals surface area contributed by atoms with E-state index in [4.69, 9.17) is 26.3 Å². The minimum absolute atomic E-state index is 0.0133. The highest BCUT2D eigenvalue weighted by molar-refractivity contribution is 6.31. The number of hydrogen-bond acceptors (Lipinski definition) is 5. The van der Waals surface area contributed by atoms with Crippen molar-refractivity contribution in [1.82, 2.24) is 0 Å². The van der Waals surface area contributed by atoms with E-state index in [0.29, 0.717) is 0 Å². The summed E-state index contributed by atoms with van der Waals surface area (Å²) in [5, 5.41) is 9.18. The topological polar surface area (TPSA) is 76.4 Å². The lowest BCUT2D eigenvalue weighted by molar-refractivity contribution is -0.145. The van der Waals surface area contributed by atoms with Crippen molar-refractivity contribution in [2.45, 2.75) is 6.92 Å². The van der Waals surface area contributed by atoms with Crippen LogP contribution in [0.15, 0.2) is 36.4 Å². The van der Waals surface area contributed by atoms with Crippen LogP contribution in [0.4, 0.5) is 4.39 Å². The molecule has 2 rings (SSSR count). The molecule has 0 saturated carbocycles. The molecule has 0 N–H and O–H groups in total. The second kappa shape index (κ2) is 8.27. The van der Waals surface area contributed by atoms with E-state index in [-0.39, 0.29) is 40.7 Å². The van der Waals surface area contributed by atoms with Crippen molar-refractivity contribution in [2.24, 2.45) is 0 Å². The third-order valence-electron chi connectivity index (χ3n) is 3.13. The third kappa shape index (κ3) is 4.78. The monoisotopic (exact) mass is 361 g/mol. The summed E-state index contributed by atoms with van der Waals surface area (Å²) in [4.78, 5) is 24.1. The predicted molar refractivity (Wildman–Crippen MR) is 88.1 cm³/mol. The fourth-order valence-corrected chi connectivity index (χ4v) is 2.26. The molecule has 2 aromatic rings. The minimum Gasteiger partial charge on any atom is -0.481 e. The summed E-state index contributed by atoms with van der Waals surface area (Å²) >= 11 is 5.92. The van der Waals surface area contributed by atoms with Gasteiger partial charge in [0.05, 0.1) is 23.8 Å². The third-order valence-corrected chi connectivity index (χ3v) is 3.36. The summed E-state index contributed by atoms with van der Waals surface area (Å²) in [6.45, 7) is 1.48. The van der Waals surface area contributed by atoms with Gasteiger partial charge in [0.25, 0.3) is 0 Å². The molecule has 0 heterocycles. The van der Waals surface area contributed by atoms with Crippen LogP contribution in [0.1, 0.15) is 28.4 Å². The van der Waals surface area contributed by atoms with E-state index in [2.05, 4.69) is 0 Å². The molecular formula is C18H13ClFNO4. The number of halogens is 2. The first-order valence-corrected chi connectivity index (χ1v) is 7.65. The Balaban J connectivity index is 2.36. The van der Waals surface area contributed by atoms with Gasteiger partial charge in [0, 0.05) is 10.6 Å². The summed E-state index contributed by atoms with van der Waals surface area (Å²) in [6.07, 6.45) is 0. The first kappa shape index (κ1) is 18.4. The standard InChI is InChI=1S/C18H13ClFNO4/c1-2-24-17(22)10-25-16-4-3-13(19)8-15(16)18(23)12-5-11(9-21)6-14(20)7-12/h3-8H,2,10H2,1H3. The number of carbonyl (C=O) groups excluding carboxylic acids is 2. The van der Waals surface area contributed by atoms with Gasteiger partial charge >= 0.3 is 5.97 Å². The molecule has 128 valence electrons. The van der Waals surface area contributed by atoms with Crippen molar-refractivity contribution in [3.63, 3.8) is 0 Å². The average molecular weight is 362 g/mol. The minimum atomic E-state index is -0.710. The lowest BCUT2D eigenvalue weighted by atomic mass is 10.0.